The molecule has 2 heteroatoms. The van der Waals surface area contributed by atoms with Crippen molar-refractivity contribution in [1.29, 1.82) is 0 Å². The summed E-state index contributed by atoms with van der Waals surface area (Å²) in [5.74, 6) is 0.792. The molecule has 0 heterocycles. The number of hydrogen-bond donors (Lipinski definition) is 0. The first-order chi connectivity index (χ1) is 6.41. The van der Waals surface area contributed by atoms with Crippen LogP contribution in [0, 0.1) is 0 Å². The SMILES string of the molecule is C=CCCCOCCCCCCCl. The van der Waals surface area contributed by atoms with E-state index in [4.69, 9.17) is 16.3 Å². The van der Waals surface area contributed by atoms with E-state index < -0.39 is 0 Å². The van der Waals surface area contributed by atoms with E-state index in [-0.39, 0.29) is 0 Å². The Bertz CT molecular complexity index is 104. The van der Waals surface area contributed by atoms with Gasteiger partial charge in [-0.05, 0) is 25.7 Å². The highest BCUT2D eigenvalue weighted by molar-refractivity contribution is 6.17. The molecular formula is C11H21ClO. The maximum atomic E-state index is 5.56. The smallest absolute Gasteiger partial charge is 0.0468 e. The Hall–Kier alpha value is -0.0100. The van der Waals surface area contributed by atoms with Gasteiger partial charge in [0.1, 0.15) is 0 Å². The molecule has 0 amide bonds. The first kappa shape index (κ1) is 13.0. The molecule has 0 aliphatic carbocycles. The monoisotopic (exact) mass is 204 g/mol. The standard InChI is InChI=1S/C11H21ClO/c1-2-3-7-10-13-11-8-5-4-6-9-12/h2H,1,3-11H2. The topological polar surface area (TPSA) is 9.23 Å². The molecular weight excluding hydrogens is 184 g/mol. The van der Waals surface area contributed by atoms with Crippen molar-refractivity contribution < 1.29 is 4.74 Å². The number of allylic oxidation sites excluding steroid dienone is 1. The van der Waals surface area contributed by atoms with Crippen LogP contribution in [0.4, 0.5) is 0 Å². The Morgan fingerprint density at radius 1 is 1.00 bits per heavy atom. The summed E-state index contributed by atoms with van der Waals surface area (Å²) < 4.78 is 5.44. The van der Waals surface area contributed by atoms with Crippen molar-refractivity contribution in [2.45, 2.75) is 38.5 Å². The van der Waals surface area contributed by atoms with Gasteiger partial charge in [-0.2, -0.15) is 0 Å². The van der Waals surface area contributed by atoms with E-state index in [1.54, 1.807) is 0 Å². The second-order valence-electron chi connectivity index (χ2n) is 3.15. The maximum absolute atomic E-state index is 5.56. The highest BCUT2D eigenvalue weighted by atomic mass is 35.5. The molecule has 0 aromatic rings. The Morgan fingerprint density at radius 2 is 1.69 bits per heavy atom. The minimum absolute atomic E-state index is 0.792. The highest BCUT2D eigenvalue weighted by Gasteiger charge is 1.90. The quantitative estimate of drug-likeness (QED) is 0.299. The van der Waals surface area contributed by atoms with Gasteiger partial charge in [-0.3, -0.25) is 0 Å². The summed E-state index contributed by atoms with van der Waals surface area (Å²) in [6.45, 7) is 5.44. The molecule has 0 radical (unpaired) electrons. The zero-order valence-corrected chi connectivity index (χ0v) is 9.19. The minimum atomic E-state index is 0.792. The first-order valence-corrected chi connectivity index (χ1v) is 5.70. The lowest BCUT2D eigenvalue weighted by molar-refractivity contribution is 0.128. The molecule has 0 aliphatic heterocycles. The normalized spacial score (nSPS) is 10.2. The molecule has 78 valence electrons. The van der Waals surface area contributed by atoms with Gasteiger partial charge in [0.2, 0.25) is 0 Å². The summed E-state index contributed by atoms with van der Waals surface area (Å²) in [4.78, 5) is 0. The third kappa shape index (κ3) is 12.0. The summed E-state index contributed by atoms with van der Waals surface area (Å²) in [7, 11) is 0. The number of unbranched alkanes of at least 4 members (excludes halogenated alkanes) is 4. The van der Waals surface area contributed by atoms with Gasteiger partial charge in [-0.1, -0.05) is 18.9 Å². The van der Waals surface area contributed by atoms with E-state index in [0.717, 1.165) is 38.4 Å². The van der Waals surface area contributed by atoms with Crippen molar-refractivity contribution in [2.24, 2.45) is 0 Å². The molecule has 0 saturated heterocycles. The summed E-state index contributed by atoms with van der Waals surface area (Å²) in [5, 5.41) is 0. The van der Waals surface area contributed by atoms with Crippen molar-refractivity contribution >= 4 is 11.6 Å². The van der Waals surface area contributed by atoms with Crippen LogP contribution in [0.15, 0.2) is 12.7 Å². The van der Waals surface area contributed by atoms with Crippen LogP contribution in [-0.2, 0) is 4.74 Å². The predicted molar refractivity (Wildman–Crippen MR) is 59.4 cm³/mol. The lowest BCUT2D eigenvalue weighted by Crippen LogP contribution is -1.96. The third-order valence-electron chi connectivity index (χ3n) is 1.87. The van der Waals surface area contributed by atoms with E-state index in [2.05, 4.69) is 6.58 Å². The van der Waals surface area contributed by atoms with E-state index in [1.165, 1.54) is 19.3 Å². The van der Waals surface area contributed by atoms with Gasteiger partial charge in [-0.15, -0.1) is 18.2 Å². The van der Waals surface area contributed by atoms with Crippen LogP contribution in [-0.4, -0.2) is 19.1 Å². The van der Waals surface area contributed by atoms with Crippen molar-refractivity contribution in [3.05, 3.63) is 12.7 Å². The van der Waals surface area contributed by atoms with Gasteiger partial charge in [0.25, 0.3) is 0 Å². The van der Waals surface area contributed by atoms with Crippen molar-refractivity contribution in [3.63, 3.8) is 0 Å². The van der Waals surface area contributed by atoms with Gasteiger partial charge >= 0.3 is 0 Å². The van der Waals surface area contributed by atoms with E-state index in [1.807, 2.05) is 6.08 Å². The summed E-state index contributed by atoms with van der Waals surface area (Å²) >= 11 is 5.56. The lowest BCUT2D eigenvalue weighted by Gasteiger charge is -2.02. The van der Waals surface area contributed by atoms with Crippen LogP contribution in [0.2, 0.25) is 0 Å². The van der Waals surface area contributed by atoms with Crippen LogP contribution in [0.5, 0.6) is 0 Å². The van der Waals surface area contributed by atoms with Gasteiger partial charge in [0.15, 0.2) is 0 Å². The molecule has 0 bridgehead atoms. The maximum Gasteiger partial charge on any atom is 0.0468 e. The summed E-state index contributed by atoms with van der Waals surface area (Å²) in [6.07, 6.45) is 8.89. The fraction of sp³-hybridized carbons (Fsp3) is 0.818. The molecule has 0 N–H and O–H groups in total. The van der Waals surface area contributed by atoms with Gasteiger partial charge in [0, 0.05) is 19.1 Å². The van der Waals surface area contributed by atoms with Gasteiger partial charge in [0.05, 0.1) is 0 Å². The molecule has 0 saturated carbocycles. The van der Waals surface area contributed by atoms with Gasteiger partial charge < -0.3 is 4.74 Å². The molecule has 0 rings (SSSR count). The summed E-state index contributed by atoms with van der Waals surface area (Å²) in [6, 6.07) is 0. The Kier molecular flexibility index (Phi) is 12.0. The molecule has 13 heavy (non-hydrogen) atoms. The molecule has 0 fully saturated rings. The number of alkyl halides is 1. The van der Waals surface area contributed by atoms with E-state index >= 15 is 0 Å². The van der Waals surface area contributed by atoms with Crippen molar-refractivity contribution in [2.75, 3.05) is 19.1 Å². The molecule has 0 aliphatic rings. The van der Waals surface area contributed by atoms with Crippen molar-refractivity contribution in [3.8, 4) is 0 Å². The fourth-order valence-corrected chi connectivity index (χ4v) is 1.27. The van der Waals surface area contributed by atoms with Crippen LogP contribution in [0.25, 0.3) is 0 Å². The average Bonchev–Trinajstić information content (AvgIpc) is 2.16. The number of ether oxygens (including phenoxy) is 1. The van der Waals surface area contributed by atoms with Crippen LogP contribution in [0.3, 0.4) is 0 Å². The Balaban J connectivity index is 2.79. The van der Waals surface area contributed by atoms with Crippen molar-refractivity contribution in [1.82, 2.24) is 0 Å². The highest BCUT2D eigenvalue weighted by Crippen LogP contribution is 2.01. The molecule has 0 aromatic carbocycles. The first-order valence-electron chi connectivity index (χ1n) is 5.16. The van der Waals surface area contributed by atoms with Crippen LogP contribution < -0.4 is 0 Å². The van der Waals surface area contributed by atoms with Crippen LogP contribution >= 0.6 is 11.6 Å². The Labute approximate surface area is 87.1 Å². The molecule has 0 spiro atoms. The van der Waals surface area contributed by atoms with E-state index in [9.17, 15) is 0 Å². The Morgan fingerprint density at radius 3 is 2.38 bits per heavy atom. The molecule has 0 aromatic heterocycles. The fourth-order valence-electron chi connectivity index (χ4n) is 1.08. The third-order valence-corrected chi connectivity index (χ3v) is 2.14. The number of halogens is 1. The summed E-state index contributed by atoms with van der Waals surface area (Å²) in [5.41, 5.74) is 0. The molecule has 0 unspecified atom stereocenters. The zero-order chi connectivity index (χ0) is 9.78. The van der Waals surface area contributed by atoms with Gasteiger partial charge in [-0.25, -0.2) is 0 Å². The number of rotatable bonds is 10. The minimum Gasteiger partial charge on any atom is -0.381 e. The average molecular weight is 205 g/mol. The second kappa shape index (κ2) is 12.0. The predicted octanol–water partition coefficient (Wildman–Crippen LogP) is 3.77. The number of hydrogen-bond acceptors (Lipinski definition) is 1. The largest absolute Gasteiger partial charge is 0.381 e. The molecule has 1 nitrogen and oxygen atoms in total. The van der Waals surface area contributed by atoms with Crippen LogP contribution in [0.1, 0.15) is 38.5 Å². The zero-order valence-electron chi connectivity index (χ0n) is 8.43. The lowest BCUT2D eigenvalue weighted by atomic mass is 10.2. The molecule has 0 atom stereocenters. The van der Waals surface area contributed by atoms with E-state index in [0.29, 0.717) is 0 Å². The second-order valence-corrected chi connectivity index (χ2v) is 3.52.